The van der Waals surface area contributed by atoms with Gasteiger partial charge in [-0.2, -0.15) is 5.10 Å². The number of nitrogens with zero attached hydrogens (tertiary/aromatic N) is 4. The largest absolute Gasteiger partial charge is 0.489 e. The molecule has 1 aliphatic rings. The molecule has 1 fully saturated rings. The lowest BCUT2D eigenvalue weighted by Crippen LogP contribution is -2.40. The van der Waals surface area contributed by atoms with Crippen molar-refractivity contribution in [1.29, 1.82) is 0 Å². The van der Waals surface area contributed by atoms with E-state index >= 15 is 0 Å². The lowest BCUT2D eigenvalue weighted by molar-refractivity contribution is 0.229. The Morgan fingerprint density at radius 2 is 2.30 bits per heavy atom. The third kappa shape index (κ3) is 5.25. The summed E-state index contributed by atoms with van der Waals surface area (Å²) in [6, 6.07) is 8.15. The number of aromatic nitrogens is 2. The van der Waals surface area contributed by atoms with Gasteiger partial charge in [0.25, 0.3) is 0 Å². The van der Waals surface area contributed by atoms with Crippen molar-refractivity contribution in [3.05, 3.63) is 47.8 Å². The van der Waals surface area contributed by atoms with Crippen molar-refractivity contribution in [2.24, 2.45) is 12.0 Å². The van der Waals surface area contributed by atoms with Gasteiger partial charge >= 0.3 is 0 Å². The van der Waals surface area contributed by atoms with Crippen LogP contribution in [0, 0.1) is 6.92 Å². The number of aliphatic imine (C=N–C) groups is 1. The third-order valence-electron chi connectivity index (χ3n) is 4.84. The van der Waals surface area contributed by atoms with Crippen LogP contribution in [0.1, 0.15) is 37.3 Å². The third-order valence-corrected chi connectivity index (χ3v) is 4.84. The Bertz CT molecular complexity index is 769. The first-order chi connectivity index (χ1) is 13.0. The number of rotatable bonds is 6. The molecule has 1 aromatic carbocycles. The minimum atomic E-state index is 0.0252. The van der Waals surface area contributed by atoms with Crippen LogP contribution >= 0.6 is 0 Å². The molecule has 2 heterocycles. The zero-order chi connectivity index (χ0) is 19.2. The van der Waals surface area contributed by atoms with Crippen LogP contribution in [0.2, 0.25) is 0 Å². The number of aryl methyl sites for hydroxylation is 2. The van der Waals surface area contributed by atoms with Crippen molar-refractivity contribution < 1.29 is 4.74 Å². The monoisotopic (exact) mass is 369 g/mol. The number of hydrogen-bond acceptors (Lipinski definition) is 3. The number of hydrogen-bond donors (Lipinski definition) is 1. The summed E-state index contributed by atoms with van der Waals surface area (Å²) in [6.07, 6.45) is 5.26. The van der Waals surface area contributed by atoms with E-state index in [0.29, 0.717) is 12.5 Å². The van der Waals surface area contributed by atoms with Gasteiger partial charge in [-0.3, -0.25) is 4.68 Å². The van der Waals surface area contributed by atoms with Crippen LogP contribution in [0.25, 0.3) is 0 Å². The van der Waals surface area contributed by atoms with E-state index in [2.05, 4.69) is 54.4 Å². The highest BCUT2D eigenvalue weighted by Crippen LogP contribution is 2.26. The molecule has 1 aliphatic heterocycles. The zero-order valence-electron chi connectivity index (χ0n) is 16.9. The first-order valence-corrected chi connectivity index (χ1v) is 9.80. The van der Waals surface area contributed by atoms with Crippen molar-refractivity contribution in [3.63, 3.8) is 0 Å². The van der Waals surface area contributed by atoms with Gasteiger partial charge in [-0.05, 0) is 50.5 Å². The maximum atomic E-state index is 6.02. The lowest BCUT2D eigenvalue weighted by atomic mass is 10.0. The molecule has 0 aliphatic carbocycles. The Hall–Kier alpha value is -2.50. The van der Waals surface area contributed by atoms with E-state index in [1.807, 2.05) is 30.1 Å². The van der Waals surface area contributed by atoms with E-state index in [4.69, 9.17) is 9.73 Å². The van der Waals surface area contributed by atoms with Crippen LogP contribution in [0.3, 0.4) is 0 Å². The molecule has 2 unspecified atom stereocenters. The van der Waals surface area contributed by atoms with E-state index in [-0.39, 0.29) is 6.10 Å². The highest BCUT2D eigenvalue weighted by atomic mass is 16.5. The van der Waals surface area contributed by atoms with Crippen molar-refractivity contribution in [3.8, 4) is 5.75 Å². The standard InChI is InChI=1S/C21H31N5O/c1-5-22-21(23-12-17(3)27-20-8-6-7-16(2)11-20)26-10-9-18(15-26)19-13-24-25(4)14-19/h6-8,11,13-14,17-18H,5,9-10,12,15H2,1-4H3,(H,22,23). The fourth-order valence-electron chi connectivity index (χ4n) is 3.47. The molecule has 146 valence electrons. The Labute approximate surface area is 162 Å². The van der Waals surface area contributed by atoms with E-state index in [1.54, 1.807) is 0 Å². The molecule has 1 aromatic heterocycles. The van der Waals surface area contributed by atoms with Crippen LogP contribution < -0.4 is 10.1 Å². The Morgan fingerprint density at radius 3 is 3.00 bits per heavy atom. The fourth-order valence-corrected chi connectivity index (χ4v) is 3.47. The highest BCUT2D eigenvalue weighted by Gasteiger charge is 2.27. The molecule has 0 saturated carbocycles. The maximum Gasteiger partial charge on any atom is 0.194 e. The average Bonchev–Trinajstić information content (AvgIpc) is 3.27. The molecule has 1 N–H and O–H groups in total. The lowest BCUT2D eigenvalue weighted by Gasteiger charge is -2.22. The van der Waals surface area contributed by atoms with Crippen molar-refractivity contribution >= 4 is 5.96 Å². The van der Waals surface area contributed by atoms with Crippen LogP contribution in [0.4, 0.5) is 0 Å². The van der Waals surface area contributed by atoms with Crippen molar-refractivity contribution in [2.45, 2.75) is 39.2 Å². The van der Waals surface area contributed by atoms with Crippen molar-refractivity contribution in [2.75, 3.05) is 26.2 Å². The zero-order valence-corrected chi connectivity index (χ0v) is 16.9. The Kier molecular flexibility index (Phi) is 6.37. The van der Waals surface area contributed by atoms with Gasteiger partial charge in [0.05, 0.1) is 12.7 Å². The van der Waals surface area contributed by atoms with Gasteiger partial charge in [0.2, 0.25) is 0 Å². The summed E-state index contributed by atoms with van der Waals surface area (Å²) in [4.78, 5) is 7.18. The summed E-state index contributed by atoms with van der Waals surface area (Å²) < 4.78 is 7.89. The maximum absolute atomic E-state index is 6.02. The normalized spacial score (nSPS) is 18.6. The molecular formula is C21H31N5O. The summed E-state index contributed by atoms with van der Waals surface area (Å²) in [5.41, 5.74) is 2.52. The van der Waals surface area contributed by atoms with Gasteiger partial charge in [0.1, 0.15) is 11.9 Å². The predicted molar refractivity (Wildman–Crippen MR) is 109 cm³/mol. The van der Waals surface area contributed by atoms with Gasteiger partial charge in [-0.25, -0.2) is 4.99 Å². The second-order valence-corrected chi connectivity index (χ2v) is 7.32. The number of ether oxygens (including phenoxy) is 1. The highest BCUT2D eigenvalue weighted by molar-refractivity contribution is 5.80. The van der Waals surface area contributed by atoms with E-state index < -0.39 is 0 Å². The molecule has 0 radical (unpaired) electrons. The quantitative estimate of drug-likeness (QED) is 0.628. The van der Waals surface area contributed by atoms with Gasteiger partial charge in [0, 0.05) is 38.8 Å². The predicted octanol–water partition coefficient (Wildman–Crippen LogP) is 2.95. The van der Waals surface area contributed by atoms with Crippen LogP contribution in [-0.2, 0) is 7.05 Å². The molecule has 3 rings (SSSR count). The number of benzene rings is 1. The molecule has 2 aromatic rings. The average molecular weight is 370 g/mol. The summed E-state index contributed by atoms with van der Waals surface area (Å²) in [6.45, 7) is 9.73. The number of likely N-dealkylation sites (tertiary alicyclic amines) is 1. The Balaban J connectivity index is 1.59. The SMILES string of the molecule is CCNC(=NCC(C)Oc1cccc(C)c1)N1CCC(c2cnn(C)c2)C1. The smallest absolute Gasteiger partial charge is 0.194 e. The van der Waals surface area contributed by atoms with Crippen LogP contribution in [0.15, 0.2) is 41.7 Å². The fraction of sp³-hybridized carbons (Fsp3) is 0.524. The molecule has 27 heavy (non-hydrogen) atoms. The van der Waals surface area contributed by atoms with Gasteiger partial charge in [0.15, 0.2) is 5.96 Å². The minimum Gasteiger partial charge on any atom is -0.489 e. The first kappa shape index (κ1) is 19.3. The van der Waals surface area contributed by atoms with E-state index in [1.165, 1.54) is 11.1 Å². The summed E-state index contributed by atoms with van der Waals surface area (Å²) in [5.74, 6) is 2.40. The van der Waals surface area contributed by atoms with Gasteiger partial charge < -0.3 is 15.0 Å². The summed E-state index contributed by atoms with van der Waals surface area (Å²) >= 11 is 0. The van der Waals surface area contributed by atoms with E-state index in [9.17, 15) is 0 Å². The molecule has 0 bridgehead atoms. The first-order valence-electron chi connectivity index (χ1n) is 9.80. The van der Waals surface area contributed by atoms with E-state index in [0.717, 1.165) is 37.8 Å². The molecule has 0 spiro atoms. The van der Waals surface area contributed by atoms with Crippen molar-refractivity contribution in [1.82, 2.24) is 20.0 Å². The number of nitrogens with one attached hydrogen (secondary N) is 1. The second-order valence-electron chi connectivity index (χ2n) is 7.32. The molecular weight excluding hydrogens is 338 g/mol. The molecule has 6 nitrogen and oxygen atoms in total. The minimum absolute atomic E-state index is 0.0252. The number of guanidine groups is 1. The molecule has 1 saturated heterocycles. The molecule has 6 heteroatoms. The molecule has 2 atom stereocenters. The topological polar surface area (TPSA) is 54.7 Å². The summed E-state index contributed by atoms with van der Waals surface area (Å²) in [5, 5.41) is 7.74. The molecule has 0 amide bonds. The summed E-state index contributed by atoms with van der Waals surface area (Å²) in [7, 11) is 1.97. The van der Waals surface area contributed by atoms with Gasteiger partial charge in [-0.15, -0.1) is 0 Å². The Morgan fingerprint density at radius 1 is 1.44 bits per heavy atom. The van der Waals surface area contributed by atoms with Crippen LogP contribution in [-0.4, -0.2) is 52.9 Å². The van der Waals surface area contributed by atoms with Crippen LogP contribution in [0.5, 0.6) is 5.75 Å². The second kappa shape index (κ2) is 8.93. The van der Waals surface area contributed by atoms with Gasteiger partial charge in [-0.1, -0.05) is 12.1 Å².